The number of sulfone groups is 1. The molecule has 1 unspecified atom stereocenters. The van der Waals surface area contributed by atoms with E-state index >= 15 is 0 Å². The molecule has 132 valence electrons. The van der Waals surface area contributed by atoms with Crippen molar-refractivity contribution in [2.24, 2.45) is 0 Å². The molecule has 2 heterocycles. The summed E-state index contributed by atoms with van der Waals surface area (Å²) >= 11 is 0. The fourth-order valence-corrected chi connectivity index (χ4v) is 4.58. The van der Waals surface area contributed by atoms with Crippen LogP contribution in [0.4, 0.5) is 15.8 Å². The molecule has 1 fully saturated rings. The second-order valence-electron chi connectivity index (χ2n) is 6.00. The first-order chi connectivity index (χ1) is 11.9. The molecule has 1 atom stereocenters. The molecule has 1 amide bonds. The van der Waals surface area contributed by atoms with Gasteiger partial charge in [0.25, 0.3) is 5.91 Å². The van der Waals surface area contributed by atoms with Gasteiger partial charge in [-0.05, 0) is 30.7 Å². The Balaban J connectivity index is 1.77. The van der Waals surface area contributed by atoms with Crippen LogP contribution in [0.2, 0.25) is 0 Å². The Hall–Kier alpha value is -2.48. The van der Waals surface area contributed by atoms with Crippen molar-refractivity contribution in [3.05, 3.63) is 54.1 Å². The molecule has 2 aromatic rings. The van der Waals surface area contributed by atoms with E-state index < -0.39 is 21.6 Å². The maximum Gasteiger partial charge on any atom is 0.274 e. The van der Waals surface area contributed by atoms with E-state index in [1.807, 2.05) is 4.90 Å². The van der Waals surface area contributed by atoms with E-state index in [-0.39, 0.29) is 28.9 Å². The smallest absolute Gasteiger partial charge is 0.274 e. The minimum Gasteiger partial charge on any atom is -0.370 e. The molecule has 8 heteroatoms. The zero-order chi connectivity index (χ0) is 18.0. The van der Waals surface area contributed by atoms with Crippen LogP contribution in [0.3, 0.4) is 0 Å². The Morgan fingerprint density at radius 1 is 1.32 bits per heavy atom. The van der Waals surface area contributed by atoms with Crippen molar-refractivity contribution in [3.8, 4) is 0 Å². The predicted molar refractivity (Wildman–Crippen MR) is 94.1 cm³/mol. The van der Waals surface area contributed by atoms with Gasteiger partial charge in [-0.25, -0.2) is 12.8 Å². The average Bonchev–Trinajstić information content (AvgIpc) is 2.96. The first kappa shape index (κ1) is 17.3. The zero-order valence-corrected chi connectivity index (χ0v) is 14.5. The molecule has 0 radical (unpaired) electrons. The number of pyridine rings is 1. The average molecular weight is 363 g/mol. The van der Waals surface area contributed by atoms with Gasteiger partial charge in [0.1, 0.15) is 11.5 Å². The van der Waals surface area contributed by atoms with E-state index in [1.165, 1.54) is 24.4 Å². The monoisotopic (exact) mass is 363 g/mol. The summed E-state index contributed by atoms with van der Waals surface area (Å²) in [5.41, 5.74) is 0.902. The third-order valence-electron chi connectivity index (χ3n) is 4.26. The van der Waals surface area contributed by atoms with Crippen LogP contribution < -0.4 is 10.2 Å². The zero-order valence-electron chi connectivity index (χ0n) is 13.6. The second-order valence-corrected chi connectivity index (χ2v) is 8.23. The van der Waals surface area contributed by atoms with Crippen LogP contribution in [0.15, 0.2) is 42.6 Å². The van der Waals surface area contributed by atoms with Crippen molar-refractivity contribution in [2.75, 3.05) is 28.8 Å². The molecule has 1 aliphatic heterocycles. The highest BCUT2D eigenvalue weighted by Crippen LogP contribution is 2.23. The van der Waals surface area contributed by atoms with Crippen molar-refractivity contribution in [3.63, 3.8) is 0 Å². The van der Waals surface area contributed by atoms with Gasteiger partial charge in [-0.1, -0.05) is 12.1 Å². The number of aromatic nitrogens is 1. The van der Waals surface area contributed by atoms with E-state index in [1.54, 1.807) is 25.2 Å². The van der Waals surface area contributed by atoms with Crippen LogP contribution in [-0.2, 0) is 9.84 Å². The first-order valence-electron chi connectivity index (χ1n) is 7.81. The lowest BCUT2D eigenvalue weighted by molar-refractivity contribution is 0.102. The fourth-order valence-electron chi connectivity index (χ4n) is 2.80. The number of nitrogens with one attached hydrogen (secondary N) is 1. The van der Waals surface area contributed by atoms with Crippen molar-refractivity contribution in [1.82, 2.24) is 4.98 Å². The van der Waals surface area contributed by atoms with E-state index in [4.69, 9.17) is 0 Å². The minimum absolute atomic E-state index is 0.0787. The SMILES string of the molecule is CN(c1ccnc(C(=O)Nc2ccccc2F)c1)C1CCS(=O)(=O)C1. The molecule has 0 saturated carbocycles. The molecule has 0 bridgehead atoms. The van der Waals surface area contributed by atoms with Crippen molar-refractivity contribution < 1.29 is 17.6 Å². The number of carbonyl (C=O) groups is 1. The van der Waals surface area contributed by atoms with Gasteiger partial charge in [0.2, 0.25) is 0 Å². The number of hydrogen-bond donors (Lipinski definition) is 1. The third-order valence-corrected chi connectivity index (χ3v) is 6.01. The van der Waals surface area contributed by atoms with Crippen LogP contribution in [0, 0.1) is 5.82 Å². The Morgan fingerprint density at radius 2 is 2.08 bits per heavy atom. The van der Waals surface area contributed by atoms with Crippen LogP contribution in [0.25, 0.3) is 0 Å². The lowest BCUT2D eigenvalue weighted by Crippen LogP contribution is -2.32. The van der Waals surface area contributed by atoms with E-state index in [2.05, 4.69) is 10.3 Å². The van der Waals surface area contributed by atoms with Crippen LogP contribution >= 0.6 is 0 Å². The second kappa shape index (κ2) is 6.79. The first-order valence-corrected chi connectivity index (χ1v) is 9.63. The molecule has 0 aliphatic carbocycles. The topological polar surface area (TPSA) is 79.4 Å². The molecule has 1 aromatic carbocycles. The lowest BCUT2D eigenvalue weighted by atomic mass is 10.2. The summed E-state index contributed by atoms with van der Waals surface area (Å²) in [6, 6.07) is 9.03. The van der Waals surface area contributed by atoms with Crippen molar-refractivity contribution in [2.45, 2.75) is 12.5 Å². The molecule has 6 nitrogen and oxygen atoms in total. The molecule has 0 spiro atoms. The molecular formula is C17H18FN3O3S. The molecule has 1 N–H and O–H groups in total. The lowest BCUT2D eigenvalue weighted by Gasteiger charge is -2.25. The number of anilines is 2. The highest BCUT2D eigenvalue weighted by molar-refractivity contribution is 7.91. The maximum atomic E-state index is 13.7. The van der Waals surface area contributed by atoms with Crippen LogP contribution in [-0.4, -0.2) is 43.9 Å². The van der Waals surface area contributed by atoms with E-state index in [9.17, 15) is 17.6 Å². The number of para-hydroxylation sites is 1. The summed E-state index contributed by atoms with van der Waals surface area (Å²) in [7, 11) is -1.21. The maximum absolute atomic E-state index is 13.7. The van der Waals surface area contributed by atoms with Crippen LogP contribution in [0.5, 0.6) is 0 Å². The number of nitrogens with zero attached hydrogens (tertiary/aromatic N) is 2. The Morgan fingerprint density at radius 3 is 2.76 bits per heavy atom. The van der Waals surface area contributed by atoms with Crippen LogP contribution in [0.1, 0.15) is 16.9 Å². The number of rotatable bonds is 4. The van der Waals surface area contributed by atoms with Gasteiger partial charge in [0.15, 0.2) is 9.84 Å². The Bertz CT molecular complexity index is 902. The largest absolute Gasteiger partial charge is 0.370 e. The molecule has 1 aliphatic rings. The third kappa shape index (κ3) is 3.96. The number of benzene rings is 1. The summed E-state index contributed by atoms with van der Waals surface area (Å²) in [5, 5.41) is 2.48. The van der Waals surface area contributed by atoms with Gasteiger partial charge in [-0.2, -0.15) is 0 Å². The van der Waals surface area contributed by atoms with Gasteiger partial charge in [-0.15, -0.1) is 0 Å². The van der Waals surface area contributed by atoms with Gasteiger partial charge in [0, 0.05) is 25.0 Å². The summed E-state index contributed by atoms with van der Waals surface area (Å²) in [5.74, 6) is -0.782. The minimum atomic E-state index is -3.00. The van der Waals surface area contributed by atoms with Crippen molar-refractivity contribution >= 4 is 27.1 Å². The summed E-state index contributed by atoms with van der Waals surface area (Å²) in [6.45, 7) is 0. The summed E-state index contributed by atoms with van der Waals surface area (Å²) < 4.78 is 36.9. The predicted octanol–water partition coefficient (Wildman–Crippen LogP) is 2.10. The fraction of sp³-hybridized carbons (Fsp3) is 0.294. The molecular weight excluding hydrogens is 345 g/mol. The Kier molecular flexibility index (Phi) is 4.71. The van der Waals surface area contributed by atoms with E-state index in [0.717, 1.165) is 0 Å². The van der Waals surface area contributed by atoms with Gasteiger partial charge in [-0.3, -0.25) is 9.78 Å². The molecule has 1 aromatic heterocycles. The normalized spacial score (nSPS) is 18.7. The molecule has 25 heavy (non-hydrogen) atoms. The summed E-state index contributed by atoms with van der Waals surface area (Å²) in [6.07, 6.45) is 2.03. The standard InChI is InChI=1S/C17H18FN3O3S/c1-21(13-7-9-25(23,24)11-13)12-6-8-19-16(10-12)17(22)20-15-5-3-2-4-14(15)18/h2-6,8,10,13H,7,9,11H2,1H3,(H,20,22). The van der Waals surface area contributed by atoms with Gasteiger partial charge >= 0.3 is 0 Å². The number of carbonyl (C=O) groups excluding carboxylic acids is 1. The molecule has 3 rings (SSSR count). The highest BCUT2D eigenvalue weighted by atomic mass is 32.2. The number of halogens is 1. The summed E-state index contributed by atoms with van der Waals surface area (Å²) in [4.78, 5) is 18.2. The van der Waals surface area contributed by atoms with Gasteiger partial charge in [0.05, 0.1) is 17.2 Å². The Labute approximate surface area is 145 Å². The van der Waals surface area contributed by atoms with Crippen molar-refractivity contribution in [1.29, 1.82) is 0 Å². The quantitative estimate of drug-likeness (QED) is 0.900. The molecule has 1 saturated heterocycles. The highest BCUT2D eigenvalue weighted by Gasteiger charge is 2.31. The van der Waals surface area contributed by atoms with E-state index in [0.29, 0.717) is 12.1 Å². The number of amides is 1. The number of hydrogen-bond acceptors (Lipinski definition) is 5. The van der Waals surface area contributed by atoms with Gasteiger partial charge < -0.3 is 10.2 Å².